The first-order chi connectivity index (χ1) is 18.3. The predicted molar refractivity (Wildman–Crippen MR) is 163 cm³/mol. The van der Waals surface area contributed by atoms with Crippen LogP contribution in [0.25, 0.3) is 74.7 Å². The number of rotatable bonds is 2. The average Bonchev–Trinajstić information content (AvgIpc) is 3.35. The summed E-state index contributed by atoms with van der Waals surface area (Å²) in [7, 11) is 0. The average molecular weight is 487 g/mol. The Kier molecular flexibility index (Phi) is 4.49. The first kappa shape index (κ1) is 20.7. The van der Waals surface area contributed by atoms with Gasteiger partial charge in [0, 0.05) is 20.2 Å². The van der Waals surface area contributed by atoms with Crippen LogP contribution in [0.4, 0.5) is 0 Å². The largest absolute Gasteiger partial charge is 0.135 e. The second-order valence-electron chi connectivity index (χ2n) is 9.78. The van der Waals surface area contributed by atoms with Crippen LogP contribution in [-0.4, -0.2) is 0 Å². The molecule has 0 amide bonds. The zero-order valence-corrected chi connectivity index (χ0v) is 20.9. The summed E-state index contributed by atoms with van der Waals surface area (Å²) in [5, 5.41) is 10.4. The second kappa shape index (κ2) is 8.03. The quantitative estimate of drug-likeness (QED) is 0.213. The Balaban J connectivity index is 1.22. The highest BCUT2D eigenvalue weighted by atomic mass is 32.1. The van der Waals surface area contributed by atoms with Gasteiger partial charge in [0.15, 0.2) is 0 Å². The summed E-state index contributed by atoms with van der Waals surface area (Å²) >= 11 is 1.89. The van der Waals surface area contributed by atoms with Crippen LogP contribution in [0.3, 0.4) is 0 Å². The molecule has 0 bridgehead atoms. The zero-order valence-electron chi connectivity index (χ0n) is 20.1. The number of fused-ring (bicyclic) bond motifs is 7. The molecule has 0 fully saturated rings. The van der Waals surface area contributed by atoms with Gasteiger partial charge in [-0.2, -0.15) is 0 Å². The molecule has 0 saturated heterocycles. The van der Waals surface area contributed by atoms with Gasteiger partial charge in [-0.05, 0) is 78.8 Å². The smallest absolute Gasteiger partial charge is 0.0433 e. The monoisotopic (exact) mass is 486 g/mol. The molecule has 0 nitrogen and oxygen atoms in total. The van der Waals surface area contributed by atoms with Crippen molar-refractivity contribution in [1.29, 1.82) is 0 Å². The normalized spacial score (nSPS) is 11.8. The molecular weight excluding hydrogens is 464 g/mol. The van der Waals surface area contributed by atoms with Crippen molar-refractivity contribution in [2.75, 3.05) is 0 Å². The first-order valence-electron chi connectivity index (χ1n) is 12.7. The molecule has 7 aromatic carbocycles. The van der Waals surface area contributed by atoms with Gasteiger partial charge in [-0.25, -0.2) is 0 Å². The van der Waals surface area contributed by atoms with Crippen LogP contribution in [0, 0.1) is 0 Å². The van der Waals surface area contributed by atoms with Crippen molar-refractivity contribution in [2.24, 2.45) is 0 Å². The van der Waals surface area contributed by atoms with Gasteiger partial charge in [-0.1, -0.05) is 109 Å². The van der Waals surface area contributed by atoms with E-state index in [0.29, 0.717) is 0 Å². The van der Waals surface area contributed by atoms with Crippen molar-refractivity contribution in [1.82, 2.24) is 0 Å². The highest BCUT2D eigenvalue weighted by molar-refractivity contribution is 7.26. The lowest BCUT2D eigenvalue weighted by molar-refractivity contribution is 1.67. The molecule has 1 heterocycles. The lowest BCUT2D eigenvalue weighted by Gasteiger charge is -2.10. The van der Waals surface area contributed by atoms with E-state index in [-0.39, 0.29) is 0 Å². The fourth-order valence-corrected chi connectivity index (χ4v) is 7.00. The Hall–Kier alpha value is -4.46. The summed E-state index contributed by atoms with van der Waals surface area (Å²) in [6.07, 6.45) is 0. The van der Waals surface area contributed by atoms with Crippen LogP contribution in [0.1, 0.15) is 0 Å². The number of thiophene rings is 1. The Bertz CT molecular complexity index is 2140. The van der Waals surface area contributed by atoms with Crippen molar-refractivity contribution in [3.63, 3.8) is 0 Å². The molecule has 0 aliphatic rings. The first-order valence-corrected chi connectivity index (χ1v) is 13.5. The lowest BCUT2D eigenvalue weighted by atomic mass is 9.95. The lowest BCUT2D eigenvalue weighted by Crippen LogP contribution is -1.83. The van der Waals surface area contributed by atoms with Crippen molar-refractivity contribution < 1.29 is 0 Å². The molecule has 0 spiro atoms. The van der Waals surface area contributed by atoms with Crippen molar-refractivity contribution in [2.45, 2.75) is 0 Å². The maximum absolute atomic E-state index is 2.34. The van der Waals surface area contributed by atoms with Gasteiger partial charge < -0.3 is 0 Å². The molecule has 0 aliphatic heterocycles. The van der Waals surface area contributed by atoms with Gasteiger partial charge >= 0.3 is 0 Å². The minimum absolute atomic E-state index is 1.25. The van der Waals surface area contributed by atoms with E-state index < -0.39 is 0 Å². The van der Waals surface area contributed by atoms with Gasteiger partial charge in [-0.15, -0.1) is 11.3 Å². The Labute approximate surface area is 219 Å². The molecule has 0 unspecified atom stereocenters. The molecule has 0 aliphatic carbocycles. The highest BCUT2D eigenvalue weighted by Crippen LogP contribution is 2.40. The van der Waals surface area contributed by atoms with Crippen LogP contribution < -0.4 is 0 Å². The topological polar surface area (TPSA) is 0 Å². The van der Waals surface area contributed by atoms with Crippen LogP contribution in [-0.2, 0) is 0 Å². The Morgan fingerprint density at radius 2 is 0.946 bits per heavy atom. The molecular formula is C36H22S. The fraction of sp³-hybridized carbons (Fsp3) is 0. The summed E-state index contributed by atoms with van der Waals surface area (Å²) < 4.78 is 2.71. The molecule has 1 heteroatoms. The maximum Gasteiger partial charge on any atom is 0.0433 e. The second-order valence-corrected chi connectivity index (χ2v) is 10.8. The summed E-state index contributed by atoms with van der Waals surface area (Å²) in [6.45, 7) is 0. The molecule has 8 aromatic rings. The predicted octanol–water partition coefficient (Wildman–Crippen LogP) is 10.8. The SMILES string of the molecule is c1ccc2c(c1)ccc1cc(-c3ccc4cc(-c5cccc6c5sc5ccccc56)ccc4c3)ccc12. The van der Waals surface area contributed by atoms with Crippen molar-refractivity contribution in [3.05, 3.63) is 133 Å². The van der Waals surface area contributed by atoms with Crippen LogP contribution >= 0.6 is 11.3 Å². The molecule has 0 saturated carbocycles. The summed E-state index contributed by atoms with van der Waals surface area (Å²) in [4.78, 5) is 0. The summed E-state index contributed by atoms with van der Waals surface area (Å²) in [5.74, 6) is 0. The molecule has 0 N–H and O–H groups in total. The van der Waals surface area contributed by atoms with Crippen molar-refractivity contribution >= 4 is 63.8 Å². The number of hydrogen-bond acceptors (Lipinski definition) is 1. The van der Waals surface area contributed by atoms with Crippen LogP contribution in [0.5, 0.6) is 0 Å². The van der Waals surface area contributed by atoms with Crippen molar-refractivity contribution in [3.8, 4) is 22.3 Å². The minimum Gasteiger partial charge on any atom is -0.135 e. The molecule has 8 rings (SSSR count). The van der Waals surface area contributed by atoms with Gasteiger partial charge in [-0.3, -0.25) is 0 Å². The minimum atomic E-state index is 1.25. The van der Waals surface area contributed by atoms with Crippen LogP contribution in [0.15, 0.2) is 133 Å². The third-order valence-corrected chi connectivity index (χ3v) is 8.85. The summed E-state index contributed by atoms with van der Waals surface area (Å²) in [6, 6.07) is 49.1. The molecule has 172 valence electrons. The number of hydrogen-bond donors (Lipinski definition) is 0. The van der Waals surface area contributed by atoms with Gasteiger partial charge in [0.1, 0.15) is 0 Å². The van der Waals surface area contributed by atoms with E-state index in [4.69, 9.17) is 0 Å². The summed E-state index contributed by atoms with van der Waals surface area (Å²) in [5.41, 5.74) is 5.09. The van der Waals surface area contributed by atoms with Gasteiger partial charge in [0.05, 0.1) is 0 Å². The fourth-order valence-electron chi connectivity index (χ4n) is 5.76. The van der Waals surface area contributed by atoms with Gasteiger partial charge in [0.25, 0.3) is 0 Å². The van der Waals surface area contributed by atoms with E-state index in [0.717, 1.165) is 0 Å². The van der Waals surface area contributed by atoms with E-state index in [1.54, 1.807) is 0 Å². The van der Waals surface area contributed by atoms with E-state index in [9.17, 15) is 0 Å². The standard InChI is InChI=1S/C36H22S/c1-2-7-30-23(6-1)12-16-28-21-27(18-19-31(28)30)24-13-14-26-22-29(17-15-25(26)20-24)32-9-5-10-34-33-8-3-4-11-35(33)37-36(32)34/h1-22H. The molecule has 37 heavy (non-hydrogen) atoms. The Morgan fingerprint density at radius 3 is 1.84 bits per heavy atom. The molecule has 1 aromatic heterocycles. The molecule has 0 radical (unpaired) electrons. The van der Waals surface area contributed by atoms with E-state index in [1.807, 2.05) is 11.3 Å². The third kappa shape index (κ3) is 3.28. The van der Waals surface area contributed by atoms with Gasteiger partial charge in [0.2, 0.25) is 0 Å². The third-order valence-electron chi connectivity index (χ3n) is 7.63. The Morgan fingerprint density at radius 1 is 0.351 bits per heavy atom. The maximum atomic E-state index is 2.34. The molecule has 0 atom stereocenters. The van der Waals surface area contributed by atoms with Crippen LogP contribution in [0.2, 0.25) is 0 Å². The van der Waals surface area contributed by atoms with E-state index >= 15 is 0 Å². The number of benzene rings is 7. The zero-order chi connectivity index (χ0) is 24.3. The highest BCUT2D eigenvalue weighted by Gasteiger charge is 2.11. The van der Waals surface area contributed by atoms with E-state index in [2.05, 4.69) is 133 Å². The van der Waals surface area contributed by atoms with E-state index in [1.165, 1.54) is 74.7 Å².